The lowest BCUT2D eigenvalue weighted by Gasteiger charge is -2.16. The first-order valence-electron chi connectivity index (χ1n) is 15.0. The Morgan fingerprint density at radius 1 is 0.978 bits per heavy atom. The third kappa shape index (κ3) is 4.94. The van der Waals surface area contributed by atoms with Gasteiger partial charge in [0.25, 0.3) is 0 Å². The normalized spacial score (nSPS) is 17.0. The molecule has 45 heavy (non-hydrogen) atoms. The summed E-state index contributed by atoms with van der Waals surface area (Å²) < 4.78 is 2.42. The van der Waals surface area contributed by atoms with E-state index in [-0.39, 0.29) is 5.37 Å². The van der Waals surface area contributed by atoms with E-state index in [1.165, 1.54) is 32.7 Å². The summed E-state index contributed by atoms with van der Waals surface area (Å²) in [7, 11) is 0. The van der Waals surface area contributed by atoms with Crippen LogP contribution in [0, 0.1) is 0 Å². The lowest BCUT2D eigenvalue weighted by molar-refractivity contribution is 0.894. The van der Waals surface area contributed by atoms with E-state index in [1.807, 2.05) is 17.8 Å². The van der Waals surface area contributed by atoms with Gasteiger partial charge in [-0.3, -0.25) is 0 Å². The molecule has 6 aromatic rings. The van der Waals surface area contributed by atoms with Gasteiger partial charge in [0.15, 0.2) is 0 Å². The molecular weight excluding hydrogens is 591 g/mol. The summed E-state index contributed by atoms with van der Waals surface area (Å²) in [6.45, 7) is 2.92. The Balaban J connectivity index is 1.34. The summed E-state index contributed by atoms with van der Waals surface area (Å²) in [6.07, 6.45) is 12.1. The van der Waals surface area contributed by atoms with Crippen molar-refractivity contribution in [1.29, 1.82) is 0 Å². The summed E-state index contributed by atoms with van der Waals surface area (Å²) in [5.41, 5.74) is 16.5. The maximum absolute atomic E-state index is 6.27. The molecule has 7 heteroatoms. The molecule has 0 radical (unpaired) electrons. The van der Waals surface area contributed by atoms with Crippen LogP contribution in [0.25, 0.3) is 55.0 Å². The Morgan fingerprint density at radius 2 is 1.82 bits per heavy atom. The highest BCUT2D eigenvalue weighted by Crippen LogP contribution is 2.38. The SMILES string of the molecule is C/C(=C\C(=C/N)c1ccc2c3ccc(C4=CNCC(c5nccs5)=C4)cc3n(-c3cccc4ccccc34)c2c1)C1NC=CS1. The van der Waals surface area contributed by atoms with Crippen molar-refractivity contribution in [3.05, 3.63) is 148 Å². The van der Waals surface area contributed by atoms with Gasteiger partial charge in [-0.05, 0) is 69.8 Å². The van der Waals surface area contributed by atoms with Crippen LogP contribution in [0.15, 0.2) is 132 Å². The van der Waals surface area contributed by atoms with E-state index in [9.17, 15) is 0 Å². The highest BCUT2D eigenvalue weighted by molar-refractivity contribution is 8.03. The average molecular weight is 622 g/mol. The van der Waals surface area contributed by atoms with Crippen LogP contribution < -0.4 is 16.4 Å². The van der Waals surface area contributed by atoms with Crippen molar-refractivity contribution in [3.63, 3.8) is 0 Å². The quantitative estimate of drug-likeness (QED) is 0.162. The van der Waals surface area contributed by atoms with Gasteiger partial charge in [-0.15, -0.1) is 23.1 Å². The number of thioether (sulfide) groups is 1. The molecule has 4 aromatic carbocycles. The number of nitrogens with zero attached hydrogens (tertiary/aromatic N) is 2. The number of dihydropyridines is 1. The van der Waals surface area contributed by atoms with E-state index in [0.29, 0.717) is 0 Å². The lowest BCUT2D eigenvalue weighted by atomic mass is 9.99. The van der Waals surface area contributed by atoms with E-state index in [2.05, 4.69) is 130 Å². The molecule has 220 valence electrons. The molecule has 4 N–H and O–H groups in total. The Bertz CT molecular complexity index is 2240. The number of thiazole rings is 1. The van der Waals surface area contributed by atoms with Gasteiger partial charge in [0.2, 0.25) is 0 Å². The minimum atomic E-state index is 0.220. The molecular formula is C38H31N5S2. The van der Waals surface area contributed by atoms with Crippen molar-refractivity contribution in [2.45, 2.75) is 12.3 Å². The molecule has 4 heterocycles. The molecule has 1 atom stereocenters. The first kappa shape index (κ1) is 27.6. The lowest BCUT2D eigenvalue weighted by Crippen LogP contribution is -2.17. The molecule has 0 saturated carbocycles. The van der Waals surface area contributed by atoms with Crippen LogP contribution >= 0.6 is 23.1 Å². The zero-order valence-corrected chi connectivity index (χ0v) is 26.3. The van der Waals surface area contributed by atoms with Gasteiger partial charge in [0.1, 0.15) is 5.01 Å². The first-order valence-corrected chi connectivity index (χ1v) is 16.8. The van der Waals surface area contributed by atoms with Gasteiger partial charge in [-0.2, -0.15) is 0 Å². The third-order valence-corrected chi connectivity index (χ3v) is 10.5. The van der Waals surface area contributed by atoms with Crippen molar-refractivity contribution < 1.29 is 0 Å². The van der Waals surface area contributed by atoms with Crippen LogP contribution in [-0.2, 0) is 0 Å². The van der Waals surface area contributed by atoms with Gasteiger partial charge in [0, 0.05) is 58.5 Å². The largest absolute Gasteiger partial charge is 0.404 e. The molecule has 2 aromatic heterocycles. The summed E-state index contributed by atoms with van der Waals surface area (Å²) >= 11 is 3.44. The maximum Gasteiger partial charge on any atom is 0.121 e. The van der Waals surface area contributed by atoms with Gasteiger partial charge in [0.05, 0.1) is 22.1 Å². The van der Waals surface area contributed by atoms with E-state index < -0.39 is 0 Å². The summed E-state index contributed by atoms with van der Waals surface area (Å²) in [6, 6.07) is 28.7. The number of allylic oxidation sites excluding steroid dienone is 4. The number of nitrogens with two attached hydrogens (primary N) is 1. The van der Waals surface area contributed by atoms with Crippen LogP contribution in [0.2, 0.25) is 0 Å². The topological polar surface area (TPSA) is 67.9 Å². The number of benzene rings is 4. The Labute approximate surface area is 270 Å². The average Bonchev–Trinajstić information content (AvgIpc) is 3.88. The Kier molecular flexibility index (Phi) is 7.05. The standard InChI is InChI=1S/C38H31N5S2/c1-24(37-41-13-15-44-37)17-28(21-39)26-9-11-32-33-12-10-27(29-18-30(23-40-22-29)38-42-14-16-45-38)20-36(33)43(35(32)19-26)34-8-4-6-25-5-2-3-7-31(25)34/h2-22,37,40-41H,23,39H2,1H3/b24-17+,28-21+. The fourth-order valence-corrected chi connectivity index (χ4v) is 7.76. The fourth-order valence-electron chi connectivity index (χ4n) is 6.35. The molecule has 0 fully saturated rings. The third-order valence-electron chi connectivity index (χ3n) is 8.54. The molecule has 0 bridgehead atoms. The number of fused-ring (bicyclic) bond motifs is 4. The monoisotopic (exact) mass is 621 g/mol. The number of hydrogen-bond donors (Lipinski definition) is 3. The molecule has 8 rings (SSSR count). The molecule has 2 aliphatic rings. The number of aromatic nitrogens is 2. The van der Waals surface area contributed by atoms with Crippen molar-refractivity contribution >= 4 is 72.4 Å². The van der Waals surface area contributed by atoms with Crippen molar-refractivity contribution in [1.82, 2.24) is 20.2 Å². The number of rotatable bonds is 6. The molecule has 0 amide bonds. The molecule has 0 saturated heterocycles. The molecule has 1 unspecified atom stereocenters. The van der Waals surface area contributed by atoms with E-state index in [0.717, 1.165) is 50.5 Å². The predicted octanol–water partition coefficient (Wildman–Crippen LogP) is 8.80. The second-order valence-electron chi connectivity index (χ2n) is 11.3. The number of hydrogen-bond acceptors (Lipinski definition) is 6. The van der Waals surface area contributed by atoms with E-state index in [1.54, 1.807) is 29.3 Å². The second-order valence-corrected chi connectivity index (χ2v) is 13.2. The molecule has 0 aliphatic carbocycles. The first-order chi connectivity index (χ1) is 22.2. The van der Waals surface area contributed by atoms with Crippen molar-refractivity contribution in [2.24, 2.45) is 5.73 Å². The van der Waals surface area contributed by atoms with Gasteiger partial charge in [-0.1, -0.05) is 66.7 Å². The van der Waals surface area contributed by atoms with Crippen LogP contribution in [0.4, 0.5) is 0 Å². The van der Waals surface area contributed by atoms with E-state index >= 15 is 0 Å². The molecule has 0 spiro atoms. The van der Waals surface area contributed by atoms with Crippen LogP contribution in [0.5, 0.6) is 0 Å². The molecule has 2 aliphatic heterocycles. The highest BCUT2D eigenvalue weighted by atomic mass is 32.2. The Morgan fingerprint density at radius 3 is 2.64 bits per heavy atom. The zero-order valence-electron chi connectivity index (χ0n) is 24.7. The van der Waals surface area contributed by atoms with Gasteiger partial charge >= 0.3 is 0 Å². The molecule has 5 nitrogen and oxygen atoms in total. The zero-order chi connectivity index (χ0) is 30.3. The van der Waals surface area contributed by atoms with Crippen LogP contribution in [0.1, 0.15) is 23.1 Å². The van der Waals surface area contributed by atoms with Crippen LogP contribution in [0.3, 0.4) is 0 Å². The summed E-state index contributed by atoms with van der Waals surface area (Å²) in [5, 5.41) is 17.1. The summed E-state index contributed by atoms with van der Waals surface area (Å²) in [4.78, 5) is 4.55. The van der Waals surface area contributed by atoms with Crippen molar-refractivity contribution in [3.8, 4) is 5.69 Å². The second kappa shape index (κ2) is 11.5. The smallest absolute Gasteiger partial charge is 0.121 e. The minimum Gasteiger partial charge on any atom is -0.404 e. The van der Waals surface area contributed by atoms with E-state index in [4.69, 9.17) is 5.73 Å². The number of nitrogens with one attached hydrogen (secondary N) is 2. The Hall–Kier alpha value is -4.98. The predicted molar refractivity (Wildman–Crippen MR) is 194 cm³/mol. The maximum atomic E-state index is 6.27. The van der Waals surface area contributed by atoms with Gasteiger partial charge in [-0.25, -0.2) is 4.98 Å². The van der Waals surface area contributed by atoms with Crippen LogP contribution in [-0.4, -0.2) is 21.5 Å². The summed E-state index contributed by atoms with van der Waals surface area (Å²) in [5.74, 6) is 0. The minimum absolute atomic E-state index is 0.220. The van der Waals surface area contributed by atoms with Gasteiger partial charge < -0.3 is 20.9 Å². The highest BCUT2D eigenvalue weighted by Gasteiger charge is 2.19. The van der Waals surface area contributed by atoms with Crippen molar-refractivity contribution in [2.75, 3.05) is 6.54 Å². The fraction of sp³-hybridized carbons (Fsp3) is 0.0789.